The zero-order valence-electron chi connectivity index (χ0n) is 11.8. The highest BCUT2D eigenvalue weighted by atomic mass is 79.9. The largest absolute Gasteiger partial charge is 0.496 e. The molecule has 0 aromatic heterocycles. The Bertz CT molecular complexity index is 413. The summed E-state index contributed by atoms with van der Waals surface area (Å²) in [5.74, 6) is 0.904. The minimum atomic E-state index is 0.515. The van der Waals surface area contributed by atoms with Gasteiger partial charge >= 0.3 is 0 Å². The molecule has 3 heteroatoms. The number of rotatable bonds is 6. The number of hydrogen-bond acceptors (Lipinski definition) is 2. The molecule has 0 bridgehead atoms. The summed E-state index contributed by atoms with van der Waals surface area (Å²) in [5.41, 5.74) is 7.70. The second-order valence-electron chi connectivity index (χ2n) is 5.71. The first-order valence-corrected chi connectivity index (χ1v) is 8.01. The fourth-order valence-electron chi connectivity index (χ4n) is 3.33. The maximum absolute atomic E-state index is 5.80. The van der Waals surface area contributed by atoms with Crippen molar-refractivity contribution in [3.8, 4) is 5.75 Å². The molecule has 0 unspecified atom stereocenters. The number of ether oxygens (including phenoxy) is 1. The van der Waals surface area contributed by atoms with Crippen LogP contribution >= 0.6 is 15.9 Å². The molecule has 0 heterocycles. The number of hydrogen-bond donors (Lipinski definition) is 1. The van der Waals surface area contributed by atoms with Crippen LogP contribution in [0.25, 0.3) is 0 Å². The molecule has 2 N–H and O–H groups in total. The van der Waals surface area contributed by atoms with Crippen LogP contribution in [0.2, 0.25) is 0 Å². The fraction of sp³-hybridized carbons (Fsp3) is 0.625. The van der Waals surface area contributed by atoms with Gasteiger partial charge in [0.1, 0.15) is 5.75 Å². The van der Waals surface area contributed by atoms with Gasteiger partial charge in [-0.2, -0.15) is 0 Å². The van der Waals surface area contributed by atoms with Crippen LogP contribution < -0.4 is 10.5 Å². The lowest BCUT2D eigenvalue weighted by Crippen LogP contribution is -2.21. The van der Waals surface area contributed by atoms with Crippen molar-refractivity contribution in [1.82, 2.24) is 0 Å². The summed E-state index contributed by atoms with van der Waals surface area (Å²) in [4.78, 5) is 0. The summed E-state index contributed by atoms with van der Waals surface area (Å²) in [6.07, 6.45) is 9.08. The van der Waals surface area contributed by atoms with Gasteiger partial charge in [-0.1, -0.05) is 18.9 Å². The minimum absolute atomic E-state index is 0.515. The lowest BCUT2D eigenvalue weighted by molar-refractivity contribution is 0.253. The van der Waals surface area contributed by atoms with Crippen LogP contribution in [0.4, 0.5) is 0 Å². The first kappa shape index (κ1) is 14.9. The summed E-state index contributed by atoms with van der Waals surface area (Å²) < 4.78 is 6.32. The molecule has 106 valence electrons. The summed E-state index contributed by atoms with van der Waals surface area (Å²) in [5, 5.41) is 0. The van der Waals surface area contributed by atoms with Gasteiger partial charge in [-0.25, -0.2) is 0 Å². The van der Waals surface area contributed by atoms with Crippen LogP contribution in [0, 0.1) is 5.41 Å². The van der Waals surface area contributed by atoms with Gasteiger partial charge in [0.25, 0.3) is 0 Å². The maximum atomic E-state index is 5.80. The van der Waals surface area contributed by atoms with E-state index in [0.717, 1.165) is 23.2 Å². The average molecular weight is 326 g/mol. The molecule has 1 aromatic rings. The Morgan fingerprint density at radius 3 is 2.58 bits per heavy atom. The molecule has 0 atom stereocenters. The van der Waals surface area contributed by atoms with Gasteiger partial charge in [-0.05, 0) is 77.7 Å². The normalized spacial score (nSPS) is 17.6. The number of nitrogens with two attached hydrogens (primary N) is 1. The van der Waals surface area contributed by atoms with Crippen molar-refractivity contribution >= 4 is 15.9 Å². The monoisotopic (exact) mass is 325 g/mol. The molecule has 1 aliphatic rings. The van der Waals surface area contributed by atoms with Gasteiger partial charge in [0.15, 0.2) is 0 Å². The third kappa shape index (κ3) is 3.73. The van der Waals surface area contributed by atoms with Crippen molar-refractivity contribution in [1.29, 1.82) is 0 Å². The summed E-state index contributed by atoms with van der Waals surface area (Å²) in [6.45, 7) is 0.826. The molecule has 19 heavy (non-hydrogen) atoms. The van der Waals surface area contributed by atoms with E-state index in [-0.39, 0.29) is 0 Å². The van der Waals surface area contributed by atoms with Crippen LogP contribution in [-0.4, -0.2) is 13.7 Å². The predicted molar refractivity (Wildman–Crippen MR) is 83.6 cm³/mol. The van der Waals surface area contributed by atoms with E-state index in [4.69, 9.17) is 10.5 Å². The molecule has 1 aromatic carbocycles. The van der Waals surface area contributed by atoms with E-state index in [1.54, 1.807) is 7.11 Å². The van der Waals surface area contributed by atoms with Crippen LogP contribution in [0.15, 0.2) is 22.7 Å². The Morgan fingerprint density at radius 2 is 2.00 bits per heavy atom. The zero-order chi connectivity index (χ0) is 13.7. The number of halogens is 1. The molecule has 1 aliphatic carbocycles. The van der Waals surface area contributed by atoms with Gasteiger partial charge in [0.05, 0.1) is 11.6 Å². The van der Waals surface area contributed by atoms with Crippen molar-refractivity contribution in [3.63, 3.8) is 0 Å². The van der Waals surface area contributed by atoms with Crippen molar-refractivity contribution in [3.05, 3.63) is 28.2 Å². The van der Waals surface area contributed by atoms with Crippen molar-refractivity contribution < 1.29 is 4.74 Å². The molecule has 2 nitrogen and oxygen atoms in total. The maximum Gasteiger partial charge on any atom is 0.133 e. The SMILES string of the molecule is COc1ccc(CCC2(CCN)CCCC2)cc1Br. The van der Waals surface area contributed by atoms with Crippen LogP contribution in [0.5, 0.6) is 5.75 Å². The van der Waals surface area contributed by atoms with E-state index >= 15 is 0 Å². The third-order valence-corrected chi connectivity index (χ3v) is 5.12. The van der Waals surface area contributed by atoms with Gasteiger partial charge in [-0.15, -0.1) is 0 Å². The van der Waals surface area contributed by atoms with E-state index < -0.39 is 0 Å². The van der Waals surface area contributed by atoms with Crippen molar-refractivity contribution in [2.24, 2.45) is 11.1 Å². The lowest BCUT2D eigenvalue weighted by atomic mass is 9.78. The van der Waals surface area contributed by atoms with Crippen LogP contribution in [0.3, 0.4) is 0 Å². The smallest absolute Gasteiger partial charge is 0.133 e. The number of methoxy groups -OCH3 is 1. The Kier molecular flexibility index (Phi) is 5.28. The molecule has 0 radical (unpaired) electrons. The highest BCUT2D eigenvalue weighted by Crippen LogP contribution is 2.44. The van der Waals surface area contributed by atoms with Crippen LogP contribution in [-0.2, 0) is 6.42 Å². The average Bonchev–Trinajstić information content (AvgIpc) is 2.86. The first-order valence-electron chi connectivity index (χ1n) is 7.22. The van der Waals surface area contributed by atoms with Gasteiger partial charge in [0.2, 0.25) is 0 Å². The summed E-state index contributed by atoms with van der Waals surface area (Å²) in [6, 6.07) is 6.41. The predicted octanol–water partition coefficient (Wildman–Crippen LogP) is 4.30. The molecule has 1 saturated carbocycles. The van der Waals surface area contributed by atoms with Gasteiger partial charge in [0, 0.05) is 0 Å². The highest BCUT2D eigenvalue weighted by Gasteiger charge is 2.32. The molecule has 0 amide bonds. The molecule has 0 aliphatic heterocycles. The Morgan fingerprint density at radius 1 is 1.26 bits per heavy atom. The standard InChI is InChI=1S/C16H24BrNO/c1-19-15-5-4-13(12-14(15)17)6-9-16(10-11-18)7-2-3-8-16/h4-5,12H,2-3,6-11,18H2,1H3. The molecular weight excluding hydrogens is 302 g/mol. The lowest BCUT2D eigenvalue weighted by Gasteiger charge is -2.28. The summed E-state index contributed by atoms with van der Waals surface area (Å²) >= 11 is 3.56. The Hall–Kier alpha value is -0.540. The first-order chi connectivity index (χ1) is 9.19. The van der Waals surface area contributed by atoms with Gasteiger partial charge in [-0.3, -0.25) is 0 Å². The topological polar surface area (TPSA) is 35.2 Å². The van der Waals surface area contributed by atoms with E-state index in [2.05, 4.69) is 28.1 Å². The molecule has 1 fully saturated rings. The zero-order valence-corrected chi connectivity index (χ0v) is 13.3. The molecule has 0 saturated heterocycles. The van der Waals surface area contributed by atoms with E-state index in [0.29, 0.717) is 5.41 Å². The van der Waals surface area contributed by atoms with E-state index in [9.17, 15) is 0 Å². The summed E-state index contributed by atoms with van der Waals surface area (Å²) in [7, 11) is 1.70. The molecule has 0 spiro atoms. The highest BCUT2D eigenvalue weighted by molar-refractivity contribution is 9.10. The number of aryl methyl sites for hydroxylation is 1. The third-order valence-electron chi connectivity index (χ3n) is 4.50. The second kappa shape index (κ2) is 6.76. The van der Waals surface area contributed by atoms with Crippen LogP contribution in [0.1, 0.15) is 44.1 Å². The minimum Gasteiger partial charge on any atom is -0.496 e. The number of benzene rings is 1. The molecule has 2 rings (SSSR count). The second-order valence-corrected chi connectivity index (χ2v) is 6.57. The quantitative estimate of drug-likeness (QED) is 0.846. The van der Waals surface area contributed by atoms with Gasteiger partial charge < -0.3 is 10.5 Å². The van der Waals surface area contributed by atoms with Crippen molar-refractivity contribution in [2.75, 3.05) is 13.7 Å². The Labute approximate surface area is 124 Å². The fourth-order valence-corrected chi connectivity index (χ4v) is 3.92. The van der Waals surface area contributed by atoms with E-state index in [1.165, 1.54) is 44.1 Å². The molecular formula is C16H24BrNO. The Balaban J connectivity index is 1.99. The van der Waals surface area contributed by atoms with E-state index in [1.807, 2.05) is 6.07 Å². The van der Waals surface area contributed by atoms with Crippen molar-refractivity contribution in [2.45, 2.75) is 44.9 Å².